The van der Waals surface area contributed by atoms with Gasteiger partial charge in [0.1, 0.15) is 0 Å². The molecule has 46 valence electrons. The standard InChI is InChI=1S/C6H13.ClH.Zn/c1-4-5-6(2)3;;/h6H,2,4-5H2,1,3H3;1H;/q-1;;+2/p-1. The Labute approximate surface area is 66.7 Å². The maximum atomic E-state index is 4.76. The minimum atomic E-state index is 0.648. The molecule has 0 aliphatic rings. The second kappa shape index (κ2) is 10.8. The van der Waals surface area contributed by atoms with Crippen molar-refractivity contribution in [2.24, 2.45) is 5.92 Å². The van der Waals surface area contributed by atoms with E-state index in [2.05, 4.69) is 20.8 Å². The summed E-state index contributed by atoms with van der Waals surface area (Å²) in [5.41, 5.74) is 0. The maximum absolute atomic E-state index is 4.76. The van der Waals surface area contributed by atoms with E-state index in [1.807, 2.05) is 0 Å². The Morgan fingerprint density at radius 1 is 1.62 bits per heavy atom. The fourth-order valence-corrected chi connectivity index (χ4v) is 0.493. The summed E-state index contributed by atoms with van der Waals surface area (Å²) in [6.45, 7) is 8.15. The predicted octanol–water partition coefficient (Wildman–Crippen LogP) is 2.94. The molecule has 0 aliphatic carbocycles. The molecule has 2 heteroatoms. The van der Waals surface area contributed by atoms with E-state index in [9.17, 15) is 0 Å². The van der Waals surface area contributed by atoms with Crippen LogP contribution in [0, 0.1) is 12.8 Å². The summed E-state index contributed by atoms with van der Waals surface area (Å²) in [6, 6.07) is 0. The van der Waals surface area contributed by atoms with Crippen molar-refractivity contribution >= 4 is 9.69 Å². The van der Waals surface area contributed by atoms with Gasteiger partial charge in [-0.15, -0.1) is 0 Å². The Morgan fingerprint density at radius 2 is 2.00 bits per heavy atom. The molecular formula is C6H13ClZn. The van der Waals surface area contributed by atoms with E-state index in [-0.39, 0.29) is 0 Å². The third-order valence-electron chi connectivity index (χ3n) is 0.781. The number of hydrogen-bond acceptors (Lipinski definition) is 0. The first-order chi connectivity index (χ1) is 3.77. The minimum absolute atomic E-state index is 0.648. The van der Waals surface area contributed by atoms with E-state index in [4.69, 9.17) is 9.69 Å². The van der Waals surface area contributed by atoms with Gasteiger partial charge in [0.2, 0.25) is 0 Å². The molecule has 0 heterocycles. The molecule has 0 bridgehead atoms. The van der Waals surface area contributed by atoms with Gasteiger partial charge in [0.15, 0.2) is 0 Å². The van der Waals surface area contributed by atoms with Crippen LogP contribution >= 0.6 is 9.69 Å². The Hall–Kier alpha value is 0.913. The first kappa shape index (κ1) is 11.7. The molecule has 0 amide bonds. The van der Waals surface area contributed by atoms with Crippen LogP contribution in [0.25, 0.3) is 0 Å². The van der Waals surface area contributed by atoms with Crippen LogP contribution < -0.4 is 0 Å². The Kier molecular flexibility index (Phi) is 15.8. The molecule has 0 nitrogen and oxygen atoms in total. The third kappa shape index (κ3) is 15.8. The van der Waals surface area contributed by atoms with E-state index in [0.29, 0.717) is 5.92 Å². The van der Waals surface area contributed by atoms with Crippen LogP contribution in [-0.2, 0) is 17.3 Å². The zero-order valence-corrected chi connectivity index (χ0v) is 9.51. The van der Waals surface area contributed by atoms with Crippen molar-refractivity contribution in [2.45, 2.75) is 26.7 Å². The molecule has 0 spiro atoms. The summed E-state index contributed by atoms with van der Waals surface area (Å²) in [6.07, 6.45) is 2.53. The first-order valence-corrected chi connectivity index (χ1v) is 6.77. The van der Waals surface area contributed by atoms with Gasteiger partial charge >= 0.3 is 27.0 Å². The summed E-state index contributed by atoms with van der Waals surface area (Å²) in [5.74, 6) is 0.648. The van der Waals surface area contributed by atoms with Crippen molar-refractivity contribution < 1.29 is 17.3 Å². The van der Waals surface area contributed by atoms with Gasteiger partial charge in [0, 0.05) is 0 Å². The number of rotatable bonds is 2. The Morgan fingerprint density at radius 3 is 2.00 bits per heavy atom. The van der Waals surface area contributed by atoms with Crippen molar-refractivity contribution in [1.82, 2.24) is 0 Å². The Balaban J connectivity index is 0. The summed E-state index contributed by atoms with van der Waals surface area (Å²) >= 11 is 0.847. The van der Waals surface area contributed by atoms with Crippen LogP contribution in [0.1, 0.15) is 26.7 Å². The van der Waals surface area contributed by atoms with E-state index < -0.39 is 0 Å². The van der Waals surface area contributed by atoms with Crippen molar-refractivity contribution in [2.75, 3.05) is 0 Å². The predicted molar refractivity (Wildman–Crippen MR) is 35.3 cm³/mol. The normalized spacial score (nSPS) is 11.8. The zero-order valence-electron chi connectivity index (χ0n) is 5.78. The fraction of sp³-hybridized carbons (Fsp3) is 0.833. The molecule has 1 unspecified atom stereocenters. The summed E-state index contributed by atoms with van der Waals surface area (Å²) in [5, 5.41) is 0. The summed E-state index contributed by atoms with van der Waals surface area (Å²) < 4.78 is 0. The van der Waals surface area contributed by atoms with Gasteiger partial charge < -0.3 is 6.92 Å². The topological polar surface area (TPSA) is 0 Å². The van der Waals surface area contributed by atoms with Gasteiger partial charge in [-0.25, -0.2) is 0 Å². The molecule has 0 aromatic heterocycles. The van der Waals surface area contributed by atoms with E-state index in [1.54, 1.807) is 0 Å². The molecule has 0 radical (unpaired) electrons. The van der Waals surface area contributed by atoms with Crippen LogP contribution in [0.3, 0.4) is 0 Å². The molecule has 8 heavy (non-hydrogen) atoms. The van der Waals surface area contributed by atoms with E-state index >= 15 is 0 Å². The van der Waals surface area contributed by atoms with Gasteiger partial charge in [0.05, 0.1) is 0 Å². The molecule has 0 aromatic rings. The molecule has 0 saturated carbocycles. The molecule has 0 fully saturated rings. The molecule has 0 rings (SSSR count). The first-order valence-electron chi connectivity index (χ1n) is 2.87. The quantitative estimate of drug-likeness (QED) is 0.459. The second-order valence-corrected chi connectivity index (χ2v) is 1.89. The third-order valence-corrected chi connectivity index (χ3v) is 0.781. The van der Waals surface area contributed by atoms with Gasteiger partial charge in [-0.1, -0.05) is 26.7 Å². The van der Waals surface area contributed by atoms with Gasteiger partial charge in [0.25, 0.3) is 0 Å². The van der Waals surface area contributed by atoms with Gasteiger partial charge in [-0.2, -0.15) is 5.92 Å². The monoisotopic (exact) mass is 184 g/mol. The Bertz CT molecular complexity index is 29.7. The van der Waals surface area contributed by atoms with Crippen molar-refractivity contribution in [3.8, 4) is 0 Å². The van der Waals surface area contributed by atoms with Crippen LogP contribution in [0.2, 0.25) is 0 Å². The van der Waals surface area contributed by atoms with Crippen molar-refractivity contribution in [3.05, 3.63) is 6.92 Å². The number of halogens is 1. The molecular weight excluding hydrogens is 173 g/mol. The van der Waals surface area contributed by atoms with Crippen LogP contribution in [0.5, 0.6) is 0 Å². The van der Waals surface area contributed by atoms with Crippen LogP contribution in [0.4, 0.5) is 0 Å². The SMILES string of the molecule is [CH2-]C(C)CCC.[Cl][Zn+]. The fourth-order valence-electron chi connectivity index (χ4n) is 0.493. The number of hydrogen-bond donors (Lipinski definition) is 0. The van der Waals surface area contributed by atoms with Crippen LogP contribution in [0.15, 0.2) is 0 Å². The zero-order chi connectivity index (χ0) is 6.99. The molecule has 0 saturated heterocycles. The second-order valence-electron chi connectivity index (χ2n) is 1.89. The van der Waals surface area contributed by atoms with Gasteiger partial charge in [-0.3, -0.25) is 0 Å². The van der Waals surface area contributed by atoms with E-state index in [0.717, 1.165) is 17.3 Å². The molecule has 1 atom stereocenters. The average Bonchev–Trinajstić information content (AvgIpc) is 1.72. The average molecular weight is 186 g/mol. The van der Waals surface area contributed by atoms with Crippen LogP contribution in [-0.4, -0.2) is 0 Å². The van der Waals surface area contributed by atoms with E-state index in [1.165, 1.54) is 12.8 Å². The molecule has 0 aromatic carbocycles. The summed E-state index contributed by atoms with van der Waals surface area (Å²) in [4.78, 5) is 0. The molecule has 0 N–H and O–H groups in total. The van der Waals surface area contributed by atoms with Gasteiger partial charge in [-0.05, 0) is 0 Å². The summed E-state index contributed by atoms with van der Waals surface area (Å²) in [7, 11) is 4.76. The van der Waals surface area contributed by atoms with Crippen molar-refractivity contribution in [3.63, 3.8) is 0 Å². The van der Waals surface area contributed by atoms with Crippen molar-refractivity contribution in [1.29, 1.82) is 0 Å². The molecule has 0 aliphatic heterocycles.